The molecule has 0 aliphatic heterocycles. The van der Waals surface area contributed by atoms with Crippen LogP contribution in [0.15, 0.2) is 30.5 Å². The average molecular weight is 271 g/mol. The van der Waals surface area contributed by atoms with Gasteiger partial charge in [-0.05, 0) is 12.1 Å². The minimum absolute atomic E-state index is 0.483. The van der Waals surface area contributed by atoms with Crippen molar-refractivity contribution in [3.05, 3.63) is 46.2 Å². The normalized spacial score (nSPS) is 11.8. The summed E-state index contributed by atoms with van der Waals surface area (Å²) in [5.74, 6) is 0. The molecule has 96 valence electrons. The highest BCUT2D eigenvalue weighted by Gasteiger charge is 2.30. The van der Waals surface area contributed by atoms with Crippen LogP contribution in [0.2, 0.25) is 0 Å². The quantitative estimate of drug-likeness (QED) is 0.816. The molecule has 1 heterocycles. The van der Waals surface area contributed by atoms with Crippen LogP contribution in [-0.2, 0) is 12.7 Å². The monoisotopic (exact) mass is 271 g/mol. The van der Waals surface area contributed by atoms with Crippen LogP contribution >= 0.6 is 11.3 Å². The largest absolute Gasteiger partial charge is 0.661 e. The molecule has 0 aliphatic carbocycles. The number of halogens is 3. The number of nitrogens with zero attached hydrogens (tertiary/aromatic N) is 2. The first-order chi connectivity index (χ1) is 8.50. The van der Waals surface area contributed by atoms with Crippen molar-refractivity contribution in [2.24, 2.45) is 0 Å². The molecule has 0 amide bonds. The Bertz CT molecular complexity index is 534. The number of rotatable bonds is 3. The molecule has 0 saturated heterocycles. The molecule has 18 heavy (non-hydrogen) atoms. The van der Waals surface area contributed by atoms with E-state index in [-0.39, 0.29) is 0 Å². The fourth-order valence-electron chi connectivity index (χ4n) is 1.50. The van der Waals surface area contributed by atoms with E-state index in [2.05, 4.69) is 10.3 Å². The van der Waals surface area contributed by atoms with Crippen molar-refractivity contribution < 1.29 is 13.2 Å². The van der Waals surface area contributed by atoms with Gasteiger partial charge in [-0.3, -0.25) is 0 Å². The first kappa shape index (κ1) is 13.0. The van der Waals surface area contributed by atoms with E-state index < -0.39 is 11.7 Å². The molecule has 2 aromatic rings. The van der Waals surface area contributed by atoms with E-state index in [0.717, 1.165) is 17.0 Å². The predicted octanol–water partition coefficient (Wildman–Crippen LogP) is 4.33. The van der Waals surface area contributed by atoms with E-state index in [1.807, 2.05) is 0 Å². The van der Waals surface area contributed by atoms with Gasteiger partial charge in [0.25, 0.3) is 0 Å². The fourth-order valence-corrected chi connectivity index (χ4v) is 2.40. The van der Waals surface area contributed by atoms with Gasteiger partial charge in [-0.25, -0.2) is 4.98 Å². The van der Waals surface area contributed by atoms with Crippen LogP contribution in [0.1, 0.15) is 10.4 Å². The maximum absolute atomic E-state index is 12.6. The maximum Gasteiger partial charge on any atom is 0.416 e. The summed E-state index contributed by atoms with van der Waals surface area (Å²) in [7, 11) is 1.68. The average Bonchev–Trinajstić information content (AvgIpc) is 2.77. The minimum atomic E-state index is -4.32. The van der Waals surface area contributed by atoms with Gasteiger partial charge in [-0.2, -0.15) is 20.2 Å². The number of thiazole rings is 1. The SMILES string of the molecule is C[N-]Cc1cnc(-c2cccc(C(F)(F)F)c2)s1. The standard InChI is InChI=1S/C12H10F3N2S/c1-16-6-10-7-17-11(18-10)8-3-2-4-9(5-8)12(13,14)15/h2-5,7H,6H2,1H3/q-1. The van der Waals surface area contributed by atoms with Crippen molar-refractivity contribution in [1.29, 1.82) is 0 Å². The van der Waals surface area contributed by atoms with Gasteiger partial charge in [0.1, 0.15) is 5.01 Å². The van der Waals surface area contributed by atoms with Gasteiger partial charge in [0.2, 0.25) is 0 Å². The van der Waals surface area contributed by atoms with Crippen molar-refractivity contribution in [1.82, 2.24) is 4.98 Å². The number of alkyl halides is 3. The number of aromatic nitrogens is 1. The first-order valence-corrected chi connectivity index (χ1v) is 6.00. The summed E-state index contributed by atoms with van der Waals surface area (Å²) in [5, 5.41) is 4.54. The third kappa shape index (κ3) is 2.88. The Hall–Kier alpha value is -1.40. The number of hydrogen-bond acceptors (Lipinski definition) is 2. The Morgan fingerprint density at radius 2 is 2.11 bits per heavy atom. The van der Waals surface area contributed by atoms with Crippen molar-refractivity contribution in [2.45, 2.75) is 12.7 Å². The van der Waals surface area contributed by atoms with E-state index >= 15 is 0 Å². The molecule has 0 atom stereocenters. The molecular formula is C12H10F3N2S-. The Morgan fingerprint density at radius 1 is 1.33 bits per heavy atom. The molecule has 0 saturated carbocycles. The van der Waals surface area contributed by atoms with Gasteiger partial charge >= 0.3 is 6.18 Å². The molecule has 0 radical (unpaired) electrons. The summed E-state index contributed by atoms with van der Waals surface area (Å²) >= 11 is 1.36. The van der Waals surface area contributed by atoms with Crippen LogP contribution in [0.5, 0.6) is 0 Å². The van der Waals surface area contributed by atoms with Crippen LogP contribution in [0.4, 0.5) is 13.2 Å². The summed E-state index contributed by atoms with van der Waals surface area (Å²) in [6.07, 6.45) is -2.68. The maximum atomic E-state index is 12.6. The second-order valence-corrected chi connectivity index (χ2v) is 4.80. The van der Waals surface area contributed by atoms with Gasteiger partial charge in [-0.15, -0.1) is 17.9 Å². The van der Waals surface area contributed by atoms with E-state index in [1.165, 1.54) is 17.4 Å². The first-order valence-electron chi connectivity index (χ1n) is 5.18. The zero-order valence-electron chi connectivity index (χ0n) is 9.53. The van der Waals surface area contributed by atoms with Gasteiger partial charge in [-0.1, -0.05) is 12.1 Å². The zero-order chi connectivity index (χ0) is 13.2. The van der Waals surface area contributed by atoms with Crippen LogP contribution in [-0.4, -0.2) is 12.0 Å². The van der Waals surface area contributed by atoms with Crippen molar-refractivity contribution in [2.75, 3.05) is 7.05 Å². The Balaban J connectivity index is 2.32. The lowest BCUT2D eigenvalue weighted by Gasteiger charge is -2.07. The molecule has 0 unspecified atom stereocenters. The minimum Gasteiger partial charge on any atom is -0.661 e. The Morgan fingerprint density at radius 3 is 2.78 bits per heavy atom. The van der Waals surface area contributed by atoms with Crippen molar-refractivity contribution in [3.63, 3.8) is 0 Å². The molecule has 0 fully saturated rings. The summed E-state index contributed by atoms with van der Waals surface area (Å²) in [6, 6.07) is 5.19. The second-order valence-electron chi connectivity index (χ2n) is 3.68. The predicted molar refractivity (Wildman–Crippen MR) is 65.5 cm³/mol. The Labute approximate surface area is 106 Å². The lowest BCUT2D eigenvalue weighted by atomic mass is 10.1. The number of hydrogen-bond donors (Lipinski definition) is 0. The summed E-state index contributed by atoms with van der Waals surface area (Å²) in [4.78, 5) is 5.05. The van der Waals surface area contributed by atoms with Crippen LogP contribution in [0.3, 0.4) is 0 Å². The smallest absolute Gasteiger partial charge is 0.416 e. The molecule has 2 rings (SSSR count). The molecule has 0 bridgehead atoms. The topological polar surface area (TPSA) is 27.0 Å². The molecule has 2 nitrogen and oxygen atoms in total. The van der Waals surface area contributed by atoms with Crippen LogP contribution < -0.4 is 0 Å². The van der Waals surface area contributed by atoms with Gasteiger partial charge < -0.3 is 5.32 Å². The lowest BCUT2D eigenvalue weighted by molar-refractivity contribution is -0.137. The highest BCUT2D eigenvalue weighted by atomic mass is 32.1. The van der Waals surface area contributed by atoms with E-state index in [0.29, 0.717) is 17.1 Å². The molecule has 6 heteroatoms. The second kappa shape index (κ2) is 5.07. The molecule has 1 aromatic carbocycles. The molecule has 0 spiro atoms. The summed E-state index contributed by atoms with van der Waals surface area (Å²) in [5.41, 5.74) is -0.172. The zero-order valence-corrected chi connectivity index (χ0v) is 10.3. The van der Waals surface area contributed by atoms with Crippen LogP contribution in [0.25, 0.3) is 15.9 Å². The highest BCUT2D eigenvalue weighted by Crippen LogP contribution is 2.33. The lowest BCUT2D eigenvalue weighted by Crippen LogP contribution is -2.04. The van der Waals surface area contributed by atoms with E-state index in [4.69, 9.17) is 0 Å². The molecular weight excluding hydrogens is 261 g/mol. The molecule has 0 aliphatic rings. The fraction of sp³-hybridized carbons (Fsp3) is 0.250. The molecule has 1 aromatic heterocycles. The summed E-state index contributed by atoms with van der Waals surface area (Å²) in [6.45, 7) is 0.538. The number of benzene rings is 1. The van der Waals surface area contributed by atoms with E-state index in [9.17, 15) is 13.2 Å². The highest BCUT2D eigenvalue weighted by molar-refractivity contribution is 7.15. The molecule has 0 N–H and O–H groups in total. The third-order valence-corrected chi connectivity index (χ3v) is 3.34. The van der Waals surface area contributed by atoms with Crippen molar-refractivity contribution in [3.8, 4) is 10.6 Å². The Kier molecular flexibility index (Phi) is 3.68. The summed E-state index contributed by atoms with van der Waals surface area (Å²) < 4.78 is 37.7. The van der Waals surface area contributed by atoms with Gasteiger partial charge in [0.05, 0.1) is 5.56 Å². The van der Waals surface area contributed by atoms with Gasteiger partial charge in [0, 0.05) is 16.6 Å². The van der Waals surface area contributed by atoms with E-state index in [1.54, 1.807) is 19.3 Å². The van der Waals surface area contributed by atoms with Crippen molar-refractivity contribution >= 4 is 11.3 Å². The third-order valence-electron chi connectivity index (χ3n) is 2.30. The van der Waals surface area contributed by atoms with Gasteiger partial charge in [0.15, 0.2) is 0 Å². The van der Waals surface area contributed by atoms with Crippen LogP contribution in [0, 0.1) is 0 Å².